The van der Waals surface area contributed by atoms with E-state index in [-0.39, 0.29) is 24.0 Å². The van der Waals surface area contributed by atoms with E-state index in [1.54, 1.807) is 9.80 Å². The molecule has 132 valence electrons. The number of benzene rings is 1. The first-order valence-electron chi connectivity index (χ1n) is 7.86. The molecule has 0 saturated carbocycles. The molecule has 0 aliphatic carbocycles. The summed E-state index contributed by atoms with van der Waals surface area (Å²) in [7, 11) is -3.88. The topological polar surface area (TPSA) is 70.2 Å². The zero-order valence-corrected chi connectivity index (χ0v) is 14.0. The first-order valence-corrected chi connectivity index (χ1v) is 9.30. The number of urea groups is 1. The summed E-state index contributed by atoms with van der Waals surface area (Å²) < 4.78 is 45.3. The van der Waals surface area contributed by atoms with Crippen molar-refractivity contribution in [3.63, 3.8) is 0 Å². The largest absolute Gasteiger partial charge is 0.378 e. The van der Waals surface area contributed by atoms with Crippen LogP contribution in [-0.2, 0) is 14.8 Å². The number of amides is 2. The molecule has 0 unspecified atom stereocenters. The van der Waals surface area contributed by atoms with Crippen molar-refractivity contribution in [2.24, 2.45) is 0 Å². The van der Waals surface area contributed by atoms with Gasteiger partial charge in [-0.1, -0.05) is 12.1 Å². The quantitative estimate of drug-likeness (QED) is 0.777. The summed E-state index contributed by atoms with van der Waals surface area (Å²) in [6.07, 6.45) is 0. The Hall–Kier alpha value is -1.71. The Bertz CT molecular complexity index is 698. The van der Waals surface area contributed by atoms with Gasteiger partial charge in [0.15, 0.2) is 0 Å². The van der Waals surface area contributed by atoms with Gasteiger partial charge < -0.3 is 14.5 Å². The van der Waals surface area contributed by atoms with E-state index in [0.717, 1.165) is 6.07 Å². The molecule has 7 nitrogen and oxygen atoms in total. The number of halogens is 1. The second kappa shape index (κ2) is 7.04. The number of sulfonamides is 1. The van der Waals surface area contributed by atoms with Crippen molar-refractivity contribution in [1.29, 1.82) is 0 Å². The van der Waals surface area contributed by atoms with Crippen molar-refractivity contribution in [1.82, 2.24) is 14.1 Å². The zero-order valence-electron chi connectivity index (χ0n) is 13.2. The number of rotatable bonds is 2. The van der Waals surface area contributed by atoms with Crippen molar-refractivity contribution in [2.45, 2.75) is 4.90 Å². The molecule has 3 rings (SSSR count). The fourth-order valence-corrected chi connectivity index (χ4v) is 4.35. The van der Waals surface area contributed by atoms with Crippen molar-refractivity contribution < 1.29 is 22.3 Å². The average molecular weight is 357 g/mol. The Morgan fingerprint density at radius 2 is 1.54 bits per heavy atom. The molecule has 1 aromatic rings. The minimum absolute atomic E-state index is 0.0961. The van der Waals surface area contributed by atoms with Crippen molar-refractivity contribution in [3.8, 4) is 0 Å². The van der Waals surface area contributed by atoms with Gasteiger partial charge in [-0.25, -0.2) is 17.6 Å². The van der Waals surface area contributed by atoms with Crippen LogP contribution in [0.5, 0.6) is 0 Å². The summed E-state index contributed by atoms with van der Waals surface area (Å²) in [5.41, 5.74) is 0. The van der Waals surface area contributed by atoms with Gasteiger partial charge in [0.25, 0.3) is 0 Å². The second-order valence-corrected chi connectivity index (χ2v) is 7.61. The molecule has 2 fully saturated rings. The first-order chi connectivity index (χ1) is 11.5. The third-order valence-electron chi connectivity index (χ3n) is 4.25. The van der Waals surface area contributed by atoms with Crippen LogP contribution in [0.1, 0.15) is 0 Å². The van der Waals surface area contributed by atoms with E-state index in [1.165, 1.54) is 22.5 Å². The third-order valence-corrected chi connectivity index (χ3v) is 6.18. The SMILES string of the molecule is O=C(N1CCOCC1)N1CCN(S(=O)(=O)c2ccccc2F)CC1. The zero-order chi connectivity index (χ0) is 17.2. The van der Waals surface area contributed by atoms with Crippen molar-refractivity contribution >= 4 is 16.1 Å². The fourth-order valence-electron chi connectivity index (χ4n) is 2.87. The molecule has 0 radical (unpaired) electrons. The lowest BCUT2D eigenvalue weighted by molar-refractivity contribution is 0.0405. The molecule has 0 spiro atoms. The lowest BCUT2D eigenvalue weighted by Gasteiger charge is -2.38. The molecular weight excluding hydrogens is 337 g/mol. The lowest BCUT2D eigenvalue weighted by Crippen LogP contribution is -2.55. The van der Waals surface area contributed by atoms with E-state index in [0.29, 0.717) is 39.4 Å². The number of carbonyl (C=O) groups excluding carboxylic acids is 1. The van der Waals surface area contributed by atoms with Gasteiger partial charge in [-0.2, -0.15) is 4.31 Å². The van der Waals surface area contributed by atoms with E-state index in [1.807, 2.05) is 0 Å². The molecule has 1 aromatic carbocycles. The van der Waals surface area contributed by atoms with Gasteiger partial charge in [0.1, 0.15) is 10.7 Å². The summed E-state index contributed by atoms with van der Waals surface area (Å²) in [6.45, 7) is 3.05. The average Bonchev–Trinajstić information content (AvgIpc) is 2.62. The molecule has 0 aromatic heterocycles. The molecule has 2 aliphatic rings. The molecule has 2 heterocycles. The van der Waals surface area contributed by atoms with E-state index in [4.69, 9.17) is 4.74 Å². The molecule has 9 heteroatoms. The van der Waals surface area contributed by atoms with Crippen molar-refractivity contribution in [2.75, 3.05) is 52.5 Å². The fraction of sp³-hybridized carbons (Fsp3) is 0.533. The smallest absolute Gasteiger partial charge is 0.320 e. The maximum atomic E-state index is 13.8. The van der Waals surface area contributed by atoms with Crippen LogP contribution in [0, 0.1) is 5.82 Å². The molecule has 0 atom stereocenters. The van der Waals surface area contributed by atoms with E-state index in [2.05, 4.69) is 0 Å². The van der Waals surface area contributed by atoms with Gasteiger partial charge in [-0.3, -0.25) is 0 Å². The Balaban J connectivity index is 1.64. The third kappa shape index (κ3) is 3.38. The highest BCUT2D eigenvalue weighted by Crippen LogP contribution is 2.20. The van der Waals surface area contributed by atoms with Crippen LogP contribution in [0.25, 0.3) is 0 Å². The van der Waals surface area contributed by atoms with Crippen LogP contribution in [0.4, 0.5) is 9.18 Å². The molecule has 24 heavy (non-hydrogen) atoms. The minimum atomic E-state index is -3.88. The maximum absolute atomic E-state index is 13.8. The van der Waals surface area contributed by atoms with Crippen LogP contribution in [0.15, 0.2) is 29.2 Å². The van der Waals surface area contributed by atoms with E-state index >= 15 is 0 Å². The highest BCUT2D eigenvalue weighted by Gasteiger charge is 2.33. The number of hydrogen-bond acceptors (Lipinski definition) is 4. The molecule has 0 N–H and O–H groups in total. The van der Waals surface area contributed by atoms with Gasteiger partial charge in [0.2, 0.25) is 10.0 Å². The van der Waals surface area contributed by atoms with Gasteiger partial charge in [-0.15, -0.1) is 0 Å². The van der Waals surface area contributed by atoms with Gasteiger partial charge in [0.05, 0.1) is 13.2 Å². The first kappa shape index (κ1) is 17.1. The molecular formula is C15H20FN3O4S. The van der Waals surface area contributed by atoms with Gasteiger partial charge >= 0.3 is 6.03 Å². The summed E-state index contributed by atoms with van der Waals surface area (Å²) in [6, 6.07) is 5.24. The van der Waals surface area contributed by atoms with Crippen molar-refractivity contribution in [3.05, 3.63) is 30.1 Å². The van der Waals surface area contributed by atoms with Crippen LogP contribution >= 0.6 is 0 Å². The summed E-state index contributed by atoms with van der Waals surface area (Å²) in [5, 5.41) is 0. The lowest BCUT2D eigenvalue weighted by atomic mass is 10.3. The number of morpholine rings is 1. The predicted octanol–water partition coefficient (Wildman–Crippen LogP) is 0.584. The van der Waals surface area contributed by atoms with E-state index < -0.39 is 15.8 Å². The number of carbonyl (C=O) groups is 1. The number of hydrogen-bond donors (Lipinski definition) is 0. The minimum Gasteiger partial charge on any atom is -0.378 e. The van der Waals surface area contributed by atoms with Crippen LogP contribution in [0.3, 0.4) is 0 Å². The highest BCUT2D eigenvalue weighted by atomic mass is 32.2. The van der Waals surface area contributed by atoms with E-state index in [9.17, 15) is 17.6 Å². The van der Waals surface area contributed by atoms with Crippen LogP contribution < -0.4 is 0 Å². The van der Waals surface area contributed by atoms with Gasteiger partial charge in [-0.05, 0) is 12.1 Å². The number of nitrogens with zero attached hydrogens (tertiary/aromatic N) is 3. The highest BCUT2D eigenvalue weighted by molar-refractivity contribution is 7.89. The Morgan fingerprint density at radius 3 is 2.17 bits per heavy atom. The van der Waals surface area contributed by atoms with Crippen LogP contribution in [0.2, 0.25) is 0 Å². The summed E-state index contributed by atoms with van der Waals surface area (Å²) >= 11 is 0. The standard InChI is InChI=1S/C15H20FN3O4S/c16-13-3-1-2-4-14(13)24(21,22)19-7-5-17(6-8-19)15(20)18-9-11-23-12-10-18/h1-4H,5-12H2. The molecule has 0 bridgehead atoms. The predicted molar refractivity (Wildman–Crippen MR) is 84.5 cm³/mol. The Kier molecular flexibility index (Phi) is 5.02. The maximum Gasteiger partial charge on any atom is 0.320 e. The summed E-state index contributed by atoms with van der Waals surface area (Å²) in [4.78, 5) is 15.4. The number of piperazine rings is 1. The summed E-state index contributed by atoms with van der Waals surface area (Å²) in [5.74, 6) is -0.760. The Morgan fingerprint density at radius 1 is 0.958 bits per heavy atom. The molecule has 2 aliphatic heterocycles. The van der Waals surface area contributed by atoms with Crippen LogP contribution in [-0.4, -0.2) is 81.0 Å². The normalized spacial score (nSPS) is 20.2. The second-order valence-electron chi connectivity index (χ2n) is 5.70. The Labute approximate surface area is 140 Å². The molecule has 2 saturated heterocycles. The number of ether oxygens (including phenoxy) is 1. The van der Waals surface area contributed by atoms with Gasteiger partial charge in [0, 0.05) is 39.3 Å². The monoisotopic (exact) mass is 357 g/mol. The molecule has 2 amide bonds.